The quantitative estimate of drug-likeness (QED) is 0.471. The summed E-state index contributed by atoms with van der Waals surface area (Å²) < 4.78 is 5.61. The van der Waals surface area contributed by atoms with Crippen LogP contribution in [0, 0.1) is 5.92 Å². The van der Waals surface area contributed by atoms with Gasteiger partial charge >= 0.3 is 12.1 Å². The van der Waals surface area contributed by atoms with E-state index in [9.17, 15) is 19.5 Å². The second-order valence-electron chi connectivity index (χ2n) is 9.17. The molecular formula is C27H34N2O5. The maximum absolute atomic E-state index is 12.7. The van der Waals surface area contributed by atoms with E-state index in [1.807, 2.05) is 38.1 Å². The standard InChI is InChI=1S/C27H34N2O5/c1-5-27(6-2,25(31)32)29-24(30)15-23(17(3)4)28-26(33)34-16-22-20-13-9-7-11-18(20)19-12-8-10-14-21(19)22/h7-14,17,22-23H,5-6,15-16H2,1-4H3,(H,28,33)(H,29,30)(H,31,32)/t23-/m1/s1. The van der Waals surface area contributed by atoms with Gasteiger partial charge in [0.1, 0.15) is 12.1 Å². The molecule has 2 aromatic carbocycles. The lowest BCUT2D eigenvalue weighted by atomic mass is 9.92. The van der Waals surface area contributed by atoms with Gasteiger partial charge in [0.25, 0.3) is 0 Å². The molecule has 182 valence electrons. The van der Waals surface area contributed by atoms with E-state index in [-0.39, 0.29) is 37.7 Å². The van der Waals surface area contributed by atoms with Crippen LogP contribution in [0.15, 0.2) is 48.5 Å². The van der Waals surface area contributed by atoms with E-state index in [0.29, 0.717) is 0 Å². The van der Waals surface area contributed by atoms with Crippen LogP contribution in [0.25, 0.3) is 11.1 Å². The molecule has 0 unspecified atom stereocenters. The minimum Gasteiger partial charge on any atom is -0.480 e. The lowest BCUT2D eigenvalue weighted by Gasteiger charge is -2.29. The van der Waals surface area contributed by atoms with E-state index >= 15 is 0 Å². The van der Waals surface area contributed by atoms with E-state index in [2.05, 4.69) is 34.9 Å². The molecule has 0 saturated carbocycles. The van der Waals surface area contributed by atoms with E-state index in [1.54, 1.807) is 13.8 Å². The van der Waals surface area contributed by atoms with Gasteiger partial charge in [-0.25, -0.2) is 9.59 Å². The van der Waals surface area contributed by atoms with Crippen LogP contribution in [0.3, 0.4) is 0 Å². The van der Waals surface area contributed by atoms with Crippen LogP contribution in [-0.2, 0) is 14.3 Å². The van der Waals surface area contributed by atoms with Gasteiger partial charge in [-0.1, -0.05) is 76.2 Å². The molecule has 0 bridgehead atoms. The fraction of sp³-hybridized carbons (Fsp3) is 0.444. The number of ether oxygens (including phenoxy) is 1. The monoisotopic (exact) mass is 466 g/mol. The first-order valence-corrected chi connectivity index (χ1v) is 11.9. The lowest BCUT2D eigenvalue weighted by Crippen LogP contribution is -2.55. The Balaban J connectivity index is 1.63. The predicted molar refractivity (Wildman–Crippen MR) is 131 cm³/mol. The maximum atomic E-state index is 12.7. The SMILES string of the molecule is CCC(CC)(NC(=O)C[C@@H](NC(=O)OCC1c2ccccc2-c2ccccc21)C(C)C)C(=O)O. The molecule has 7 heteroatoms. The van der Waals surface area contributed by atoms with Crippen molar-refractivity contribution in [3.63, 3.8) is 0 Å². The van der Waals surface area contributed by atoms with Gasteiger partial charge in [0.15, 0.2) is 0 Å². The topological polar surface area (TPSA) is 105 Å². The normalized spacial score (nSPS) is 13.7. The Kier molecular flexibility index (Phi) is 7.97. The molecule has 0 radical (unpaired) electrons. The highest BCUT2D eigenvalue weighted by Crippen LogP contribution is 2.44. The Morgan fingerprint density at radius 1 is 0.971 bits per heavy atom. The third kappa shape index (κ3) is 5.24. The summed E-state index contributed by atoms with van der Waals surface area (Å²) in [5, 5.41) is 15.0. The Morgan fingerprint density at radius 3 is 1.97 bits per heavy atom. The fourth-order valence-corrected chi connectivity index (χ4v) is 4.55. The van der Waals surface area contributed by atoms with Crippen LogP contribution < -0.4 is 10.6 Å². The summed E-state index contributed by atoms with van der Waals surface area (Å²) in [7, 11) is 0. The Labute approximate surface area is 200 Å². The van der Waals surface area contributed by atoms with Crippen LogP contribution in [0.4, 0.5) is 4.79 Å². The minimum atomic E-state index is -1.30. The number of fused-ring (bicyclic) bond motifs is 3. The van der Waals surface area contributed by atoms with Gasteiger partial charge in [-0.2, -0.15) is 0 Å². The molecule has 0 heterocycles. The molecule has 1 aliphatic rings. The molecule has 0 aliphatic heterocycles. The van der Waals surface area contributed by atoms with Crippen molar-refractivity contribution in [1.29, 1.82) is 0 Å². The van der Waals surface area contributed by atoms with Crippen molar-refractivity contribution in [2.24, 2.45) is 5.92 Å². The number of carbonyl (C=O) groups excluding carboxylic acids is 2. The Hall–Kier alpha value is -3.35. The lowest BCUT2D eigenvalue weighted by molar-refractivity contribution is -0.148. The van der Waals surface area contributed by atoms with Crippen molar-refractivity contribution in [1.82, 2.24) is 10.6 Å². The zero-order chi connectivity index (χ0) is 24.9. The summed E-state index contributed by atoms with van der Waals surface area (Å²) in [5.41, 5.74) is 3.25. The zero-order valence-corrected chi connectivity index (χ0v) is 20.3. The van der Waals surface area contributed by atoms with Crippen molar-refractivity contribution in [2.75, 3.05) is 6.61 Å². The Bertz CT molecular complexity index is 999. The first-order chi connectivity index (χ1) is 16.2. The van der Waals surface area contributed by atoms with Gasteiger partial charge in [-0.05, 0) is 41.0 Å². The van der Waals surface area contributed by atoms with Crippen molar-refractivity contribution in [3.05, 3.63) is 59.7 Å². The molecule has 7 nitrogen and oxygen atoms in total. The van der Waals surface area contributed by atoms with E-state index in [1.165, 1.54) is 0 Å². The number of carboxylic acid groups (broad SMARTS) is 1. The number of nitrogens with one attached hydrogen (secondary N) is 2. The third-order valence-corrected chi connectivity index (χ3v) is 6.85. The number of aliphatic carboxylic acids is 1. The van der Waals surface area contributed by atoms with Gasteiger partial charge < -0.3 is 20.5 Å². The van der Waals surface area contributed by atoms with Gasteiger partial charge in [0.05, 0.1) is 0 Å². The van der Waals surface area contributed by atoms with Crippen LogP contribution in [-0.4, -0.2) is 41.3 Å². The average molecular weight is 467 g/mol. The number of amides is 2. The number of alkyl carbamates (subject to hydrolysis) is 1. The van der Waals surface area contributed by atoms with Gasteiger partial charge in [-0.3, -0.25) is 4.79 Å². The molecule has 1 aliphatic carbocycles. The first kappa shape index (κ1) is 25.3. The van der Waals surface area contributed by atoms with Crippen LogP contribution >= 0.6 is 0 Å². The largest absolute Gasteiger partial charge is 0.480 e. The third-order valence-electron chi connectivity index (χ3n) is 6.85. The molecule has 34 heavy (non-hydrogen) atoms. The fourth-order valence-electron chi connectivity index (χ4n) is 4.55. The average Bonchev–Trinajstić information content (AvgIpc) is 3.14. The van der Waals surface area contributed by atoms with Crippen molar-refractivity contribution in [2.45, 2.75) is 64.5 Å². The van der Waals surface area contributed by atoms with Crippen molar-refractivity contribution in [3.8, 4) is 11.1 Å². The molecule has 1 atom stereocenters. The first-order valence-electron chi connectivity index (χ1n) is 11.9. The number of hydrogen-bond acceptors (Lipinski definition) is 4. The molecular weight excluding hydrogens is 432 g/mol. The summed E-state index contributed by atoms with van der Waals surface area (Å²) in [4.78, 5) is 37.0. The smallest absolute Gasteiger partial charge is 0.407 e. The van der Waals surface area contributed by atoms with Gasteiger partial charge in [0, 0.05) is 18.4 Å². The van der Waals surface area contributed by atoms with Gasteiger partial charge in [0.2, 0.25) is 5.91 Å². The second-order valence-corrected chi connectivity index (χ2v) is 9.17. The predicted octanol–water partition coefficient (Wildman–Crippen LogP) is 4.70. The summed E-state index contributed by atoms with van der Waals surface area (Å²) >= 11 is 0. The molecule has 0 aromatic heterocycles. The molecule has 3 rings (SSSR count). The number of carboxylic acids is 1. The van der Waals surface area contributed by atoms with E-state index < -0.39 is 29.6 Å². The molecule has 2 aromatic rings. The number of hydrogen-bond donors (Lipinski definition) is 3. The summed E-state index contributed by atoms with van der Waals surface area (Å²) in [6.07, 6.45) is -0.0755. The maximum Gasteiger partial charge on any atom is 0.407 e. The molecule has 2 amide bonds. The van der Waals surface area contributed by atoms with Crippen LogP contribution in [0.2, 0.25) is 0 Å². The summed E-state index contributed by atoms with van der Waals surface area (Å²) in [6, 6.07) is 15.7. The van der Waals surface area contributed by atoms with Gasteiger partial charge in [-0.15, -0.1) is 0 Å². The number of benzene rings is 2. The van der Waals surface area contributed by atoms with Crippen molar-refractivity contribution >= 4 is 18.0 Å². The van der Waals surface area contributed by atoms with Crippen LogP contribution in [0.5, 0.6) is 0 Å². The highest BCUT2D eigenvalue weighted by Gasteiger charge is 2.37. The Morgan fingerprint density at radius 2 is 1.50 bits per heavy atom. The summed E-state index contributed by atoms with van der Waals surface area (Å²) in [6.45, 7) is 7.43. The molecule has 0 saturated heterocycles. The number of rotatable bonds is 10. The number of carbonyl (C=O) groups is 3. The van der Waals surface area contributed by atoms with Crippen LogP contribution in [0.1, 0.15) is 64.0 Å². The highest BCUT2D eigenvalue weighted by molar-refractivity contribution is 5.87. The zero-order valence-electron chi connectivity index (χ0n) is 20.3. The molecule has 0 fully saturated rings. The second kappa shape index (κ2) is 10.7. The summed E-state index contributed by atoms with van der Waals surface area (Å²) in [5.74, 6) is -1.57. The van der Waals surface area contributed by atoms with Crippen molar-refractivity contribution < 1.29 is 24.2 Å². The molecule has 3 N–H and O–H groups in total. The van der Waals surface area contributed by atoms with E-state index in [4.69, 9.17) is 4.74 Å². The molecule has 0 spiro atoms. The highest BCUT2D eigenvalue weighted by atomic mass is 16.5. The minimum absolute atomic E-state index is 0.0309. The van der Waals surface area contributed by atoms with E-state index in [0.717, 1.165) is 22.3 Å².